The van der Waals surface area contributed by atoms with Gasteiger partial charge in [-0.15, -0.1) is 0 Å². The second-order valence-electron chi connectivity index (χ2n) is 4.59. The van der Waals surface area contributed by atoms with E-state index in [-0.39, 0.29) is 11.4 Å². The van der Waals surface area contributed by atoms with Gasteiger partial charge in [0.15, 0.2) is 0 Å². The van der Waals surface area contributed by atoms with Gasteiger partial charge in [-0.3, -0.25) is 0 Å². The lowest BCUT2D eigenvalue weighted by Crippen LogP contribution is -2.24. The summed E-state index contributed by atoms with van der Waals surface area (Å²) in [5.74, 6) is 0. The van der Waals surface area contributed by atoms with Gasteiger partial charge in [-0.05, 0) is 29.7 Å². The molecule has 0 atom stereocenters. The van der Waals surface area contributed by atoms with Crippen molar-refractivity contribution in [2.45, 2.75) is 18.4 Å². The summed E-state index contributed by atoms with van der Waals surface area (Å²) in [4.78, 5) is 0.267. The Hall–Kier alpha value is -1.91. The van der Waals surface area contributed by atoms with E-state index in [1.807, 2.05) is 30.3 Å². The molecule has 0 amide bonds. The highest BCUT2D eigenvalue weighted by molar-refractivity contribution is 7.89. The van der Waals surface area contributed by atoms with Crippen LogP contribution < -0.4 is 4.72 Å². The van der Waals surface area contributed by atoms with E-state index in [4.69, 9.17) is 0 Å². The van der Waals surface area contributed by atoms with E-state index in [1.54, 1.807) is 31.2 Å². The summed E-state index contributed by atoms with van der Waals surface area (Å²) in [5, 5.41) is 0. The molecule has 0 aliphatic carbocycles. The van der Waals surface area contributed by atoms with Crippen molar-refractivity contribution >= 4 is 15.6 Å². The van der Waals surface area contributed by atoms with Crippen LogP contribution in [0.1, 0.15) is 18.1 Å². The van der Waals surface area contributed by atoms with E-state index >= 15 is 0 Å². The fourth-order valence-corrected chi connectivity index (χ4v) is 3.21. The highest BCUT2D eigenvalue weighted by atomic mass is 32.2. The van der Waals surface area contributed by atoms with Crippen LogP contribution in [0.5, 0.6) is 0 Å². The van der Waals surface area contributed by atoms with Gasteiger partial charge in [-0.25, -0.2) is 13.1 Å². The first-order valence-corrected chi connectivity index (χ1v) is 7.77. The molecule has 0 fully saturated rings. The zero-order valence-electron chi connectivity index (χ0n) is 11.3. The SMILES string of the molecule is C=C(C)c1ccccc1S(=O)(=O)NCc1ccccc1. The summed E-state index contributed by atoms with van der Waals surface area (Å²) < 4.78 is 27.4. The number of hydrogen-bond acceptors (Lipinski definition) is 2. The van der Waals surface area contributed by atoms with Crippen LogP contribution in [0.2, 0.25) is 0 Å². The van der Waals surface area contributed by atoms with Crippen LogP contribution >= 0.6 is 0 Å². The first-order chi connectivity index (χ1) is 9.50. The van der Waals surface area contributed by atoms with Crippen molar-refractivity contribution in [1.29, 1.82) is 0 Å². The van der Waals surface area contributed by atoms with E-state index in [1.165, 1.54) is 0 Å². The molecule has 3 nitrogen and oxygen atoms in total. The highest BCUT2D eigenvalue weighted by Gasteiger charge is 2.17. The Morgan fingerprint density at radius 2 is 1.65 bits per heavy atom. The molecule has 4 heteroatoms. The minimum absolute atomic E-state index is 0.267. The Morgan fingerprint density at radius 3 is 2.30 bits per heavy atom. The zero-order valence-corrected chi connectivity index (χ0v) is 12.2. The van der Waals surface area contributed by atoms with Gasteiger partial charge in [0.25, 0.3) is 0 Å². The summed E-state index contributed by atoms with van der Waals surface area (Å²) in [5.41, 5.74) is 2.29. The number of hydrogen-bond donors (Lipinski definition) is 1. The van der Waals surface area contributed by atoms with Crippen molar-refractivity contribution in [3.63, 3.8) is 0 Å². The summed E-state index contributed by atoms with van der Waals surface area (Å²) >= 11 is 0. The predicted molar refractivity (Wildman–Crippen MR) is 81.6 cm³/mol. The third-order valence-corrected chi connectivity index (χ3v) is 4.40. The van der Waals surface area contributed by atoms with Gasteiger partial charge >= 0.3 is 0 Å². The minimum atomic E-state index is -3.54. The van der Waals surface area contributed by atoms with Crippen molar-refractivity contribution < 1.29 is 8.42 Å². The molecule has 104 valence electrons. The number of sulfonamides is 1. The highest BCUT2D eigenvalue weighted by Crippen LogP contribution is 2.21. The molecule has 20 heavy (non-hydrogen) atoms. The van der Waals surface area contributed by atoms with Crippen molar-refractivity contribution in [3.8, 4) is 0 Å². The third kappa shape index (κ3) is 3.35. The standard InChI is InChI=1S/C16H17NO2S/c1-13(2)15-10-6-7-11-16(15)20(18,19)17-12-14-8-4-3-5-9-14/h3-11,17H,1,12H2,2H3. The first-order valence-electron chi connectivity index (χ1n) is 6.29. The van der Waals surface area contributed by atoms with E-state index < -0.39 is 10.0 Å². The average molecular weight is 287 g/mol. The van der Waals surface area contributed by atoms with E-state index in [2.05, 4.69) is 11.3 Å². The Morgan fingerprint density at radius 1 is 1.05 bits per heavy atom. The number of allylic oxidation sites excluding steroid dienone is 1. The monoisotopic (exact) mass is 287 g/mol. The van der Waals surface area contributed by atoms with Crippen LogP contribution in [-0.2, 0) is 16.6 Å². The van der Waals surface area contributed by atoms with Crippen molar-refractivity contribution in [2.24, 2.45) is 0 Å². The Bertz CT molecular complexity index is 706. The van der Waals surface area contributed by atoms with Crippen LogP contribution in [0.25, 0.3) is 5.57 Å². The molecule has 0 saturated heterocycles. The molecule has 0 radical (unpaired) electrons. The molecule has 2 aromatic carbocycles. The second kappa shape index (κ2) is 6.03. The molecule has 2 aromatic rings. The Balaban J connectivity index is 2.25. The lowest BCUT2D eigenvalue weighted by Gasteiger charge is -2.11. The molecule has 1 N–H and O–H groups in total. The van der Waals surface area contributed by atoms with Crippen LogP contribution in [-0.4, -0.2) is 8.42 Å². The summed E-state index contributed by atoms with van der Waals surface area (Å²) in [7, 11) is -3.54. The van der Waals surface area contributed by atoms with Crippen molar-refractivity contribution in [2.75, 3.05) is 0 Å². The Labute approximate surface area is 120 Å². The van der Waals surface area contributed by atoms with Gasteiger partial charge in [0.05, 0.1) is 4.90 Å². The summed E-state index contributed by atoms with van der Waals surface area (Å²) in [6.45, 7) is 5.89. The average Bonchev–Trinajstić information content (AvgIpc) is 2.46. The van der Waals surface area contributed by atoms with Gasteiger partial charge in [0.2, 0.25) is 10.0 Å². The first kappa shape index (κ1) is 14.5. The van der Waals surface area contributed by atoms with E-state index in [0.717, 1.165) is 11.1 Å². The summed E-state index contributed by atoms with van der Waals surface area (Å²) in [6, 6.07) is 16.3. The molecule has 0 aliphatic rings. The van der Waals surface area contributed by atoms with Crippen molar-refractivity contribution in [1.82, 2.24) is 4.72 Å². The maximum atomic E-state index is 12.4. The number of benzene rings is 2. The maximum absolute atomic E-state index is 12.4. The van der Waals surface area contributed by atoms with Crippen LogP contribution in [0, 0.1) is 0 Å². The lowest BCUT2D eigenvalue weighted by atomic mass is 10.1. The molecule has 0 aliphatic heterocycles. The van der Waals surface area contributed by atoms with Gasteiger partial charge < -0.3 is 0 Å². The fourth-order valence-electron chi connectivity index (χ4n) is 1.91. The molecule has 2 rings (SSSR count). The minimum Gasteiger partial charge on any atom is -0.207 e. The third-order valence-electron chi connectivity index (χ3n) is 2.95. The smallest absolute Gasteiger partial charge is 0.207 e. The molecule has 0 heterocycles. The summed E-state index contributed by atoms with van der Waals surface area (Å²) in [6.07, 6.45) is 0. The topological polar surface area (TPSA) is 46.2 Å². The fraction of sp³-hybridized carbons (Fsp3) is 0.125. The zero-order chi connectivity index (χ0) is 14.6. The molecule has 0 saturated carbocycles. The molecule has 0 aromatic heterocycles. The molecular weight excluding hydrogens is 270 g/mol. The van der Waals surface area contributed by atoms with Gasteiger partial charge in [0, 0.05) is 6.54 Å². The second-order valence-corrected chi connectivity index (χ2v) is 6.32. The maximum Gasteiger partial charge on any atom is 0.241 e. The molecule has 0 spiro atoms. The van der Waals surface area contributed by atoms with Crippen LogP contribution in [0.4, 0.5) is 0 Å². The van der Waals surface area contributed by atoms with E-state index in [0.29, 0.717) is 5.56 Å². The predicted octanol–water partition coefficient (Wildman–Crippen LogP) is 3.20. The van der Waals surface area contributed by atoms with E-state index in [9.17, 15) is 8.42 Å². The largest absolute Gasteiger partial charge is 0.241 e. The quantitative estimate of drug-likeness (QED) is 0.918. The molecule has 0 unspecified atom stereocenters. The van der Waals surface area contributed by atoms with Crippen LogP contribution in [0.3, 0.4) is 0 Å². The lowest BCUT2D eigenvalue weighted by molar-refractivity contribution is 0.581. The molecule has 0 bridgehead atoms. The molecular formula is C16H17NO2S. The normalized spacial score (nSPS) is 11.2. The Kier molecular flexibility index (Phi) is 4.37. The van der Waals surface area contributed by atoms with Crippen molar-refractivity contribution in [3.05, 3.63) is 72.3 Å². The van der Waals surface area contributed by atoms with Gasteiger partial charge in [-0.1, -0.05) is 55.1 Å². The van der Waals surface area contributed by atoms with Gasteiger partial charge in [-0.2, -0.15) is 0 Å². The number of nitrogens with one attached hydrogen (secondary N) is 1. The number of rotatable bonds is 5. The van der Waals surface area contributed by atoms with Crippen LogP contribution in [0.15, 0.2) is 66.1 Å². The van der Waals surface area contributed by atoms with Gasteiger partial charge in [0.1, 0.15) is 0 Å².